The molecule has 3 heteroatoms. The van der Waals surface area contributed by atoms with Gasteiger partial charge in [0, 0.05) is 26.1 Å². The minimum atomic E-state index is 0.162. The highest BCUT2D eigenvalue weighted by Crippen LogP contribution is 2.68. The van der Waals surface area contributed by atoms with Gasteiger partial charge in [0.25, 0.3) is 0 Å². The molecule has 0 bridgehead atoms. The molecule has 1 saturated carbocycles. The third-order valence-electron chi connectivity index (χ3n) is 4.92. The van der Waals surface area contributed by atoms with Crippen molar-refractivity contribution in [2.75, 3.05) is 20.1 Å². The van der Waals surface area contributed by atoms with Gasteiger partial charge in [0.2, 0.25) is 5.91 Å². The third kappa shape index (κ3) is 1.32. The molecule has 1 amide bonds. The second-order valence-corrected chi connectivity index (χ2v) is 6.14. The number of nitrogens with zero attached hydrogens (tertiary/aromatic N) is 1. The molecule has 1 N–H and O–H groups in total. The van der Waals surface area contributed by atoms with E-state index in [0.717, 1.165) is 13.1 Å². The van der Waals surface area contributed by atoms with Crippen LogP contribution in [0.15, 0.2) is 0 Å². The van der Waals surface area contributed by atoms with Crippen LogP contribution in [0, 0.1) is 16.7 Å². The normalized spacial score (nSPS) is 28.3. The molecule has 86 valence electrons. The van der Waals surface area contributed by atoms with Crippen molar-refractivity contribution in [1.82, 2.24) is 10.2 Å². The van der Waals surface area contributed by atoms with Crippen LogP contribution in [0.2, 0.25) is 0 Å². The van der Waals surface area contributed by atoms with Crippen LogP contribution < -0.4 is 5.32 Å². The topological polar surface area (TPSA) is 32.3 Å². The highest BCUT2D eigenvalue weighted by Gasteiger charge is 2.68. The number of rotatable bonds is 2. The zero-order valence-electron chi connectivity index (χ0n) is 10.4. The Kier molecular flexibility index (Phi) is 2.16. The third-order valence-corrected chi connectivity index (χ3v) is 4.92. The first-order valence-electron chi connectivity index (χ1n) is 5.77. The Bertz CT molecular complexity index is 278. The molecule has 0 aromatic heterocycles. The van der Waals surface area contributed by atoms with E-state index in [0.29, 0.717) is 11.9 Å². The van der Waals surface area contributed by atoms with Gasteiger partial charge in [0.15, 0.2) is 0 Å². The molecule has 1 aliphatic heterocycles. The lowest BCUT2D eigenvalue weighted by Crippen LogP contribution is -2.58. The van der Waals surface area contributed by atoms with Gasteiger partial charge < -0.3 is 10.2 Å². The smallest absolute Gasteiger partial charge is 0.226 e. The maximum atomic E-state index is 12.3. The van der Waals surface area contributed by atoms with Crippen molar-refractivity contribution in [1.29, 1.82) is 0 Å². The Morgan fingerprint density at radius 3 is 1.93 bits per heavy atom. The zero-order valence-corrected chi connectivity index (χ0v) is 10.4. The van der Waals surface area contributed by atoms with Gasteiger partial charge in [-0.2, -0.15) is 0 Å². The van der Waals surface area contributed by atoms with Crippen molar-refractivity contribution in [2.24, 2.45) is 16.7 Å². The lowest BCUT2D eigenvalue weighted by atomic mass is 10.0. The van der Waals surface area contributed by atoms with Crippen molar-refractivity contribution in [3.05, 3.63) is 0 Å². The number of likely N-dealkylation sites (N-methyl/N-ethyl adjacent to an activating group) is 1. The minimum absolute atomic E-state index is 0.162. The molecule has 0 radical (unpaired) electrons. The highest BCUT2D eigenvalue weighted by atomic mass is 16.2. The molecule has 15 heavy (non-hydrogen) atoms. The number of carbonyl (C=O) groups is 1. The van der Waals surface area contributed by atoms with Crippen LogP contribution >= 0.6 is 0 Å². The average molecular weight is 210 g/mol. The quantitative estimate of drug-likeness (QED) is 0.740. The van der Waals surface area contributed by atoms with Crippen LogP contribution in [-0.4, -0.2) is 37.0 Å². The lowest BCUT2D eigenvalue weighted by Gasteiger charge is -2.36. The van der Waals surface area contributed by atoms with Gasteiger partial charge in [0.05, 0.1) is 6.04 Å². The van der Waals surface area contributed by atoms with Crippen molar-refractivity contribution in [3.63, 3.8) is 0 Å². The second kappa shape index (κ2) is 2.97. The van der Waals surface area contributed by atoms with Crippen molar-refractivity contribution in [3.8, 4) is 0 Å². The highest BCUT2D eigenvalue weighted by molar-refractivity contribution is 5.84. The summed E-state index contributed by atoms with van der Waals surface area (Å²) in [6.07, 6.45) is 0. The summed E-state index contributed by atoms with van der Waals surface area (Å²) in [7, 11) is 1.94. The van der Waals surface area contributed by atoms with Gasteiger partial charge in [-0.15, -0.1) is 0 Å². The fourth-order valence-corrected chi connectivity index (χ4v) is 2.74. The first-order chi connectivity index (χ1) is 6.80. The van der Waals surface area contributed by atoms with E-state index in [-0.39, 0.29) is 16.7 Å². The number of hydrogen-bond acceptors (Lipinski definition) is 2. The van der Waals surface area contributed by atoms with Gasteiger partial charge in [-0.3, -0.25) is 4.79 Å². The van der Waals surface area contributed by atoms with E-state index in [1.54, 1.807) is 0 Å². The Labute approximate surface area is 92.2 Å². The molecule has 0 aromatic rings. The number of hydrogen-bond donors (Lipinski definition) is 1. The summed E-state index contributed by atoms with van der Waals surface area (Å²) in [5, 5.41) is 3.20. The summed E-state index contributed by atoms with van der Waals surface area (Å²) in [4.78, 5) is 14.2. The molecule has 3 nitrogen and oxygen atoms in total. The van der Waals surface area contributed by atoms with Crippen LogP contribution in [0.5, 0.6) is 0 Å². The van der Waals surface area contributed by atoms with Crippen molar-refractivity contribution < 1.29 is 4.79 Å². The van der Waals surface area contributed by atoms with E-state index in [4.69, 9.17) is 0 Å². The Balaban J connectivity index is 2.04. The standard InChI is InChI=1S/C12H22N2O/c1-11(2)9(12(11,3)4)10(15)14(5)8-6-13-7-8/h8-9,13H,6-7H2,1-5H3. The van der Waals surface area contributed by atoms with Gasteiger partial charge in [-0.1, -0.05) is 27.7 Å². The summed E-state index contributed by atoms with van der Waals surface area (Å²) in [6, 6.07) is 0.421. The molecule has 0 atom stereocenters. The molecule has 2 aliphatic rings. The Morgan fingerprint density at radius 2 is 1.67 bits per heavy atom. The average Bonchev–Trinajstić information content (AvgIpc) is 2.38. The van der Waals surface area contributed by atoms with E-state index in [2.05, 4.69) is 33.0 Å². The maximum absolute atomic E-state index is 12.3. The number of nitrogens with one attached hydrogen (secondary N) is 1. The summed E-state index contributed by atoms with van der Waals surface area (Å²) in [5.74, 6) is 0.534. The van der Waals surface area contributed by atoms with Crippen LogP contribution in [0.3, 0.4) is 0 Å². The Hall–Kier alpha value is -0.570. The number of amides is 1. The molecular weight excluding hydrogens is 188 g/mol. The molecule has 1 heterocycles. The summed E-state index contributed by atoms with van der Waals surface area (Å²) < 4.78 is 0. The van der Waals surface area contributed by atoms with E-state index in [9.17, 15) is 4.79 Å². The molecule has 1 aliphatic carbocycles. The van der Waals surface area contributed by atoms with Gasteiger partial charge in [-0.05, 0) is 10.8 Å². The van der Waals surface area contributed by atoms with Crippen LogP contribution in [0.1, 0.15) is 27.7 Å². The molecule has 1 saturated heterocycles. The van der Waals surface area contributed by atoms with E-state index in [1.165, 1.54) is 0 Å². The van der Waals surface area contributed by atoms with E-state index < -0.39 is 0 Å². The molecular formula is C12H22N2O. The van der Waals surface area contributed by atoms with Crippen LogP contribution in [0.4, 0.5) is 0 Å². The molecule has 2 fully saturated rings. The zero-order chi connectivity index (χ0) is 11.4. The lowest BCUT2D eigenvalue weighted by molar-refractivity contribution is -0.135. The fourth-order valence-electron chi connectivity index (χ4n) is 2.74. The first kappa shape index (κ1) is 10.9. The van der Waals surface area contributed by atoms with Gasteiger partial charge in [-0.25, -0.2) is 0 Å². The number of carbonyl (C=O) groups excluding carboxylic acids is 1. The molecule has 2 rings (SSSR count). The van der Waals surface area contributed by atoms with E-state index in [1.807, 2.05) is 11.9 Å². The molecule has 0 unspecified atom stereocenters. The monoisotopic (exact) mass is 210 g/mol. The molecule has 0 spiro atoms. The van der Waals surface area contributed by atoms with Gasteiger partial charge in [0.1, 0.15) is 0 Å². The summed E-state index contributed by atoms with van der Waals surface area (Å²) in [6.45, 7) is 10.7. The second-order valence-electron chi connectivity index (χ2n) is 6.14. The fraction of sp³-hybridized carbons (Fsp3) is 0.917. The van der Waals surface area contributed by atoms with Crippen molar-refractivity contribution in [2.45, 2.75) is 33.7 Å². The van der Waals surface area contributed by atoms with E-state index >= 15 is 0 Å². The minimum Gasteiger partial charge on any atom is -0.340 e. The van der Waals surface area contributed by atoms with Crippen LogP contribution in [-0.2, 0) is 4.79 Å². The van der Waals surface area contributed by atoms with Crippen molar-refractivity contribution >= 4 is 5.91 Å². The van der Waals surface area contributed by atoms with Crippen LogP contribution in [0.25, 0.3) is 0 Å². The van der Waals surface area contributed by atoms with Gasteiger partial charge >= 0.3 is 0 Å². The predicted molar refractivity (Wildman–Crippen MR) is 60.5 cm³/mol. The molecule has 0 aromatic carbocycles. The SMILES string of the molecule is CN(C(=O)C1C(C)(C)C1(C)C)C1CNC1. The summed E-state index contributed by atoms with van der Waals surface area (Å²) in [5.41, 5.74) is 0.324. The maximum Gasteiger partial charge on any atom is 0.226 e. The first-order valence-corrected chi connectivity index (χ1v) is 5.77. The largest absolute Gasteiger partial charge is 0.340 e. The predicted octanol–water partition coefficient (Wildman–Crippen LogP) is 1.10. The summed E-state index contributed by atoms with van der Waals surface area (Å²) >= 11 is 0. The Morgan fingerprint density at radius 1 is 1.20 bits per heavy atom.